The van der Waals surface area contributed by atoms with Crippen LogP contribution in [0.4, 0.5) is 0 Å². The van der Waals surface area contributed by atoms with Gasteiger partial charge in [0.05, 0.1) is 0 Å². The summed E-state index contributed by atoms with van der Waals surface area (Å²) in [6.07, 6.45) is 10.5. The van der Waals surface area contributed by atoms with Crippen LogP contribution in [0.2, 0.25) is 0 Å². The summed E-state index contributed by atoms with van der Waals surface area (Å²) < 4.78 is 0. The van der Waals surface area contributed by atoms with Gasteiger partial charge in [-0.05, 0) is 0 Å². The first-order chi connectivity index (χ1) is 12.4. The minimum absolute atomic E-state index is 0.310. The van der Waals surface area contributed by atoms with E-state index < -0.39 is 5.96 Å². The molecule has 0 N–H and O–H groups in total. The van der Waals surface area contributed by atoms with E-state index in [1.807, 2.05) is 0 Å². The molecule has 0 amide bonds. The molecule has 0 unspecified atom stereocenters. The maximum atomic E-state index is 7.52. The van der Waals surface area contributed by atoms with Crippen LogP contribution in [0.1, 0.15) is 68.7 Å². The third-order valence-corrected chi connectivity index (χ3v) is 10.4. The Morgan fingerprint density at radius 1 is 0.692 bits per heavy atom. The second-order valence-electron chi connectivity index (χ2n) is 8.40. The summed E-state index contributed by atoms with van der Waals surface area (Å²) in [6.45, 7) is 7.02. The van der Waals surface area contributed by atoms with Crippen LogP contribution in [-0.4, -0.2) is 19.5 Å². The molecule has 0 radical (unpaired) electrons. The summed E-state index contributed by atoms with van der Waals surface area (Å²) in [5.74, 6) is -2.41. The fraction of sp³-hybridized carbons (Fsp3) is 0.500. The first-order valence-corrected chi connectivity index (χ1v) is 14.5. The summed E-state index contributed by atoms with van der Waals surface area (Å²) in [7, 11) is 0. The van der Waals surface area contributed by atoms with Gasteiger partial charge in [0, 0.05) is 0 Å². The summed E-state index contributed by atoms with van der Waals surface area (Å²) in [5.41, 5.74) is 3.03. The average molecular weight is 391 g/mol. The van der Waals surface area contributed by atoms with Crippen LogP contribution in [0.15, 0.2) is 60.7 Å². The summed E-state index contributed by atoms with van der Waals surface area (Å²) in [6, 6.07) is 21.7. The molecule has 0 heterocycles. The van der Waals surface area contributed by atoms with E-state index in [0.29, 0.717) is 5.66 Å². The second-order valence-corrected chi connectivity index (χ2v) is 17.4. The van der Waals surface area contributed by atoms with Crippen molar-refractivity contribution < 1.29 is 0 Å². The second kappa shape index (κ2) is 9.91. The number of hydrogen-bond donors (Lipinski definition) is 0. The van der Waals surface area contributed by atoms with E-state index in [1.165, 1.54) is 56.1 Å². The topological polar surface area (TPSA) is 0 Å². The average Bonchev–Trinajstić information content (AvgIpc) is 2.62. The molecule has 0 atom stereocenters. The van der Waals surface area contributed by atoms with Gasteiger partial charge in [-0.2, -0.15) is 0 Å². The van der Waals surface area contributed by atoms with Crippen molar-refractivity contribution in [3.05, 3.63) is 71.8 Å². The van der Waals surface area contributed by atoms with Crippen molar-refractivity contribution in [2.24, 2.45) is 0 Å². The van der Waals surface area contributed by atoms with Gasteiger partial charge in [-0.3, -0.25) is 0 Å². The molecule has 26 heavy (non-hydrogen) atoms. The molecule has 0 aromatic heterocycles. The summed E-state index contributed by atoms with van der Waals surface area (Å²) in [4.78, 5) is 0. The molecule has 0 aliphatic carbocycles. The Labute approximate surface area is 166 Å². The van der Waals surface area contributed by atoms with Gasteiger partial charge in [-0.15, -0.1) is 0 Å². The molecule has 0 nitrogen and oxygen atoms in total. The Morgan fingerprint density at radius 3 is 1.58 bits per heavy atom. The van der Waals surface area contributed by atoms with E-state index in [9.17, 15) is 0 Å². The first-order valence-electron chi connectivity index (χ1n) is 10.2. The number of rotatable bonds is 11. The van der Waals surface area contributed by atoms with E-state index in [0.717, 1.165) is 6.16 Å². The molecule has 0 spiro atoms. The molecular formula is C24H36ClP. The standard InChI is InChI=1S/C24H36ClP/c1-4-5-6-7-8-9-16-21-26(2,3,25)24(22-17-12-10-13-18-22)23-19-14-11-15-20-23/h10-15,17-20,24H,4-9,16,21H2,1-3H3. The van der Waals surface area contributed by atoms with Gasteiger partial charge < -0.3 is 0 Å². The molecule has 2 aromatic rings. The van der Waals surface area contributed by atoms with Crippen molar-refractivity contribution in [2.75, 3.05) is 19.5 Å². The van der Waals surface area contributed by atoms with Gasteiger partial charge in [0.25, 0.3) is 0 Å². The molecule has 0 aliphatic rings. The van der Waals surface area contributed by atoms with Crippen molar-refractivity contribution in [3.8, 4) is 0 Å². The molecule has 0 fully saturated rings. The van der Waals surface area contributed by atoms with Gasteiger partial charge in [0.15, 0.2) is 0 Å². The Morgan fingerprint density at radius 2 is 1.12 bits per heavy atom. The zero-order valence-corrected chi connectivity index (χ0v) is 18.5. The monoisotopic (exact) mass is 390 g/mol. The Balaban J connectivity index is 2.11. The fourth-order valence-electron chi connectivity index (χ4n) is 4.05. The molecule has 2 rings (SSSR count). The van der Waals surface area contributed by atoms with E-state index in [-0.39, 0.29) is 0 Å². The molecule has 0 aliphatic heterocycles. The van der Waals surface area contributed by atoms with Gasteiger partial charge in [-0.1, -0.05) is 0 Å². The van der Waals surface area contributed by atoms with Crippen LogP contribution < -0.4 is 0 Å². The van der Waals surface area contributed by atoms with Gasteiger partial charge >= 0.3 is 166 Å². The Hall–Kier alpha value is -0.840. The maximum absolute atomic E-state index is 7.52. The third-order valence-electron chi connectivity index (χ3n) is 5.45. The van der Waals surface area contributed by atoms with Crippen molar-refractivity contribution in [1.29, 1.82) is 0 Å². The van der Waals surface area contributed by atoms with Gasteiger partial charge in [0.1, 0.15) is 0 Å². The SMILES string of the molecule is CCCCCCCCCP(C)(C)(Cl)C(c1ccccc1)c1ccccc1. The van der Waals surface area contributed by atoms with E-state index in [4.69, 9.17) is 11.2 Å². The van der Waals surface area contributed by atoms with Crippen LogP contribution in [0.25, 0.3) is 0 Å². The van der Waals surface area contributed by atoms with Crippen LogP contribution in [-0.2, 0) is 0 Å². The zero-order valence-electron chi connectivity index (χ0n) is 16.8. The summed E-state index contributed by atoms with van der Waals surface area (Å²) >= 11 is 7.52. The van der Waals surface area contributed by atoms with E-state index >= 15 is 0 Å². The van der Waals surface area contributed by atoms with Crippen LogP contribution >= 0.6 is 17.2 Å². The van der Waals surface area contributed by atoms with Crippen molar-refractivity contribution in [2.45, 2.75) is 57.5 Å². The number of hydrogen-bond acceptors (Lipinski definition) is 0. The first kappa shape index (κ1) is 21.5. The number of unbranched alkanes of at least 4 members (excludes halogenated alkanes) is 6. The quantitative estimate of drug-likeness (QED) is 0.266. The molecule has 0 saturated heterocycles. The van der Waals surface area contributed by atoms with E-state index in [1.54, 1.807) is 0 Å². The zero-order chi connectivity index (χ0) is 18.9. The molecule has 0 saturated carbocycles. The van der Waals surface area contributed by atoms with Gasteiger partial charge in [0.2, 0.25) is 0 Å². The predicted octanol–water partition coefficient (Wildman–Crippen LogP) is 8.49. The van der Waals surface area contributed by atoms with Crippen LogP contribution in [0.5, 0.6) is 0 Å². The minimum atomic E-state index is -2.41. The van der Waals surface area contributed by atoms with Crippen molar-refractivity contribution in [3.63, 3.8) is 0 Å². The van der Waals surface area contributed by atoms with Crippen LogP contribution in [0.3, 0.4) is 0 Å². The number of benzene rings is 2. The Kier molecular flexibility index (Phi) is 8.18. The third kappa shape index (κ3) is 6.40. The molecule has 0 bridgehead atoms. The van der Waals surface area contributed by atoms with Crippen molar-refractivity contribution >= 4 is 17.2 Å². The summed E-state index contributed by atoms with van der Waals surface area (Å²) in [5, 5.41) is 0. The normalized spacial score (nSPS) is 13.5. The van der Waals surface area contributed by atoms with E-state index in [2.05, 4.69) is 80.9 Å². The molecule has 144 valence electrons. The number of halogens is 1. The Bertz CT molecular complexity index is 588. The molecule has 2 heteroatoms. The molecular weight excluding hydrogens is 355 g/mol. The predicted molar refractivity (Wildman–Crippen MR) is 122 cm³/mol. The van der Waals surface area contributed by atoms with Gasteiger partial charge in [-0.25, -0.2) is 0 Å². The van der Waals surface area contributed by atoms with Crippen molar-refractivity contribution in [1.82, 2.24) is 0 Å². The fourth-order valence-corrected chi connectivity index (χ4v) is 8.68. The van der Waals surface area contributed by atoms with Crippen LogP contribution in [0, 0.1) is 0 Å². The molecule has 2 aromatic carbocycles.